The van der Waals surface area contributed by atoms with Gasteiger partial charge in [0.05, 0.1) is 38.1 Å². The molecule has 1 aromatic rings. The van der Waals surface area contributed by atoms with Crippen LogP contribution < -0.4 is 26.6 Å². The van der Waals surface area contributed by atoms with Crippen LogP contribution in [0.15, 0.2) is 35.8 Å². The van der Waals surface area contributed by atoms with E-state index in [-0.39, 0.29) is 30.5 Å². The van der Waals surface area contributed by atoms with Gasteiger partial charge in [0.15, 0.2) is 18.7 Å². The first kappa shape index (κ1) is 41.5. The van der Waals surface area contributed by atoms with Gasteiger partial charge in [0.25, 0.3) is 5.91 Å². The first-order valence-corrected chi connectivity index (χ1v) is 18.6. The van der Waals surface area contributed by atoms with Gasteiger partial charge in [-0.2, -0.15) is 0 Å². The SMILES string of the molecule is C[C@@H]1NC2=C(C(=O)NC(N)N2)N2CN(c3ccc(C[C@H](O)[C@H](O)[C@H](O)CO[C@H]4O[C@@H](COP(=O)(O)O[C@@H](CCC(=O)O)C(=O)O)[C@H](O)[C@@H]4O)cc3)[C@H](C)[C@@H]12. The minimum Gasteiger partial charge on any atom is -0.481 e. The lowest BCUT2D eigenvalue weighted by Gasteiger charge is -2.43. The number of hydrogen-bond acceptors (Lipinski definition) is 18. The average Bonchev–Trinajstić information content (AvgIpc) is 3.58. The number of aliphatic hydroxyl groups is 5. The van der Waals surface area contributed by atoms with E-state index in [9.17, 15) is 49.4 Å². The van der Waals surface area contributed by atoms with Crippen LogP contribution >= 0.6 is 7.82 Å². The van der Waals surface area contributed by atoms with Crippen LogP contribution in [0, 0.1) is 0 Å². The minimum atomic E-state index is -5.11. The number of nitrogens with zero attached hydrogens (tertiary/aromatic N) is 2. The van der Waals surface area contributed by atoms with E-state index in [0.717, 1.165) is 5.69 Å². The van der Waals surface area contributed by atoms with E-state index in [1.807, 2.05) is 24.0 Å². The van der Waals surface area contributed by atoms with Crippen LogP contribution in [0.1, 0.15) is 32.3 Å². The summed E-state index contributed by atoms with van der Waals surface area (Å²) < 4.78 is 32.1. The lowest BCUT2D eigenvalue weighted by molar-refractivity contribution is -0.192. The maximum absolute atomic E-state index is 12.8. The number of aliphatic carboxylic acids is 2. The summed E-state index contributed by atoms with van der Waals surface area (Å²) in [5.41, 5.74) is 7.85. The fourth-order valence-electron chi connectivity index (χ4n) is 6.90. The number of carbonyl (C=O) groups excluding carboxylic acids is 1. The van der Waals surface area contributed by atoms with Crippen molar-refractivity contribution in [3.8, 4) is 0 Å². The van der Waals surface area contributed by atoms with Crippen molar-refractivity contribution < 1.29 is 78.1 Å². The number of carboxylic acid groups (broad SMARTS) is 2. The first-order valence-electron chi connectivity index (χ1n) is 17.1. The summed E-state index contributed by atoms with van der Waals surface area (Å²) in [4.78, 5) is 48.9. The third-order valence-electron chi connectivity index (χ3n) is 9.67. The molecule has 0 radical (unpaired) electrons. The van der Waals surface area contributed by atoms with E-state index in [1.165, 1.54) is 0 Å². The Morgan fingerprint density at radius 2 is 1.72 bits per heavy atom. The number of amides is 1. The Labute approximate surface area is 308 Å². The highest BCUT2D eigenvalue weighted by Gasteiger charge is 2.49. The van der Waals surface area contributed by atoms with Crippen molar-refractivity contribution in [3.63, 3.8) is 0 Å². The number of anilines is 1. The van der Waals surface area contributed by atoms with E-state index < -0.39 is 101 Å². The van der Waals surface area contributed by atoms with Gasteiger partial charge in [-0.15, -0.1) is 0 Å². The number of rotatable bonds is 17. The number of hydrogen-bond donors (Lipinski definition) is 12. The molecule has 0 spiro atoms. The maximum atomic E-state index is 12.8. The predicted octanol–water partition coefficient (Wildman–Crippen LogP) is -3.81. The van der Waals surface area contributed by atoms with Crippen LogP contribution in [0.25, 0.3) is 0 Å². The molecule has 23 heteroatoms. The molecule has 13 atom stereocenters. The Morgan fingerprint density at radius 3 is 2.37 bits per heavy atom. The zero-order valence-corrected chi connectivity index (χ0v) is 30.1. The molecule has 302 valence electrons. The van der Waals surface area contributed by atoms with Crippen molar-refractivity contribution in [3.05, 3.63) is 41.3 Å². The molecular formula is C31H47N6O16P. The van der Waals surface area contributed by atoms with Crippen molar-refractivity contribution in [2.45, 2.75) is 107 Å². The molecular weight excluding hydrogens is 743 g/mol. The molecule has 2 saturated heterocycles. The molecule has 13 N–H and O–H groups in total. The summed E-state index contributed by atoms with van der Waals surface area (Å²) in [7, 11) is -5.11. The highest BCUT2D eigenvalue weighted by atomic mass is 31.2. The third-order valence-corrected chi connectivity index (χ3v) is 10.7. The number of nitrogens with two attached hydrogens (primary N) is 1. The number of carboxylic acids is 2. The molecule has 0 saturated carbocycles. The summed E-state index contributed by atoms with van der Waals surface area (Å²) >= 11 is 0. The average molecular weight is 791 g/mol. The van der Waals surface area contributed by atoms with E-state index in [2.05, 4.69) is 36.8 Å². The summed E-state index contributed by atoms with van der Waals surface area (Å²) in [6.07, 6.45) is -15.5. The Balaban J connectivity index is 1.09. The number of nitrogens with one attached hydrogen (secondary N) is 3. The van der Waals surface area contributed by atoms with Gasteiger partial charge in [-0.3, -0.25) is 24.4 Å². The topological polar surface area (TPSA) is 336 Å². The van der Waals surface area contributed by atoms with Crippen molar-refractivity contribution >= 4 is 31.4 Å². The third kappa shape index (κ3) is 9.41. The molecule has 1 aromatic carbocycles. The molecule has 4 aliphatic heterocycles. The first-order chi connectivity index (χ1) is 25.4. The number of phosphoric ester groups is 1. The molecule has 4 heterocycles. The van der Waals surface area contributed by atoms with E-state index in [4.69, 9.17) is 25.4 Å². The Morgan fingerprint density at radius 1 is 1.04 bits per heavy atom. The Bertz CT molecular complexity index is 1610. The normalized spacial score (nSPS) is 31.3. The smallest absolute Gasteiger partial charge is 0.473 e. The fourth-order valence-corrected chi connectivity index (χ4v) is 7.81. The van der Waals surface area contributed by atoms with Crippen LogP contribution in [-0.2, 0) is 43.9 Å². The molecule has 22 nitrogen and oxygen atoms in total. The number of carbonyl (C=O) groups is 3. The fraction of sp³-hybridized carbons (Fsp3) is 0.645. The maximum Gasteiger partial charge on any atom is 0.473 e. The number of phosphoric acid groups is 1. The van der Waals surface area contributed by atoms with Crippen molar-refractivity contribution in [1.29, 1.82) is 0 Å². The Kier molecular flexibility index (Phi) is 13.1. The molecule has 5 rings (SSSR count). The van der Waals surface area contributed by atoms with Crippen LogP contribution in [0.5, 0.6) is 0 Å². The summed E-state index contributed by atoms with van der Waals surface area (Å²) in [5.74, 6) is -2.78. The van der Waals surface area contributed by atoms with Crippen LogP contribution in [-0.4, -0.2) is 157 Å². The number of benzene rings is 1. The monoisotopic (exact) mass is 790 g/mol. The van der Waals surface area contributed by atoms with Gasteiger partial charge in [-0.1, -0.05) is 12.1 Å². The van der Waals surface area contributed by atoms with Crippen LogP contribution in [0.2, 0.25) is 0 Å². The molecule has 1 amide bonds. The summed E-state index contributed by atoms with van der Waals surface area (Å²) in [5, 5.41) is 79.4. The molecule has 4 aliphatic rings. The highest BCUT2D eigenvalue weighted by Crippen LogP contribution is 2.46. The molecule has 2 fully saturated rings. The van der Waals surface area contributed by atoms with Gasteiger partial charge in [0.2, 0.25) is 0 Å². The molecule has 0 aliphatic carbocycles. The number of aliphatic hydroxyl groups excluding tert-OH is 5. The molecule has 54 heavy (non-hydrogen) atoms. The van der Waals surface area contributed by atoms with E-state index in [1.54, 1.807) is 12.1 Å². The van der Waals surface area contributed by atoms with Gasteiger partial charge in [0, 0.05) is 24.6 Å². The number of ether oxygens (including phenoxy) is 2. The lowest BCUT2D eigenvalue weighted by atomic mass is 9.98. The van der Waals surface area contributed by atoms with Crippen molar-refractivity contribution in [2.75, 3.05) is 24.8 Å². The zero-order valence-electron chi connectivity index (χ0n) is 29.2. The van der Waals surface area contributed by atoms with Crippen molar-refractivity contribution in [1.82, 2.24) is 20.9 Å². The minimum absolute atomic E-state index is 0.00323. The summed E-state index contributed by atoms with van der Waals surface area (Å²) in [6.45, 7) is 2.94. The van der Waals surface area contributed by atoms with E-state index in [0.29, 0.717) is 23.8 Å². The Hall–Kier alpha value is -3.64. The quantitative estimate of drug-likeness (QED) is 0.0673. The zero-order chi connectivity index (χ0) is 39.6. The largest absolute Gasteiger partial charge is 0.481 e. The number of fused-ring (bicyclic) bond motifs is 2. The summed E-state index contributed by atoms with van der Waals surface area (Å²) in [6, 6.07) is 7.19. The predicted molar refractivity (Wildman–Crippen MR) is 181 cm³/mol. The highest BCUT2D eigenvalue weighted by molar-refractivity contribution is 7.47. The standard InChI is InChI=1S/C31H47N6O16P/c1-13-22-14(2)36(12-37(22)23-27(33-13)34-31(32)35-28(23)45)16-5-3-15(4-6-16)9-17(38)24(42)18(39)10-50-30-26(44)25(43)20(52-30)11-51-54(48,49)53-19(29(46)47)7-8-21(40)41/h3-6,13-14,17-20,22,24-26,30-31,33-34,38-39,42-44H,7-12,32H2,1-2H3,(H,35,45)(H,40,41)(H,46,47)(H,48,49)/t13-,14+,17-,18+,19-,20-,22+,24-,25-,26-,30-,31?/m0/s1. The van der Waals surface area contributed by atoms with Gasteiger partial charge in [-0.05, 0) is 38.0 Å². The van der Waals surface area contributed by atoms with Crippen LogP contribution in [0.3, 0.4) is 0 Å². The second kappa shape index (κ2) is 17.0. The van der Waals surface area contributed by atoms with Gasteiger partial charge >= 0.3 is 19.8 Å². The molecule has 2 unspecified atom stereocenters. The van der Waals surface area contributed by atoms with Crippen LogP contribution in [0.4, 0.5) is 5.69 Å². The van der Waals surface area contributed by atoms with E-state index >= 15 is 0 Å². The van der Waals surface area contributed by atoms with Gasteiger partial charge in [-0.25, -0.2) is 9.36 Å². The van der Waals surface area contributed by atoms with Gasteiger partial charge in [0.1, 0.15) is 42.0 Å². The second-order valence-electron chi connectivity index (χ2n) is 13.5. The molecule has 0 aromatic heterocycles. The lowest BCUT2D eigenvalue weighted by Crippen LogP contribution is -2.66. The van der Waals surface area contributed by atoms with Crippen molar-refractivity contribution in [2.24, 2.45) is 5.73 Å². The van der Waals surface area contributed by atoms with Gasteiger partial charge < -0.3 is 75.9 Å². The molecule has 0 bridgehead atoms. The second-order valence-corrected chi connectivity index (χ2v) is 15.0.